The number of aromatic hydroxyl groups is 1. The van der Waals surface area contributed by atoms with E-state index >= 15 is 0 Å². The molecule has 3 rings (SSSR count). The second kappa shape index (κ2) is 5.52. The summed E-state index contributed by atoms with van der Waals surface area (Å²) in [5.41, 5.74) is 1.83. The largest absolute Gasteiger partial charge is 0.508 e. The Hall–Kier alpha value is -2.69. The number of hydrogen-bond acceptors (Lipinski definition) is 5. The molecule has 0 aliphatic carbocycles. The van der Waals surface area contributed by atoms with Crippen LogP contribution >= 0.6 is 0 Å². The number of nitrogens with zero attached hydrogens (tertiary/aromatic N) is 3. The topological polar surface area (TPSA) is 72.0 Å². The van der Waals surface area contributed by atoms with E-state index < -0.39 is 0 Å². The van der Waals surface area contributed by atoms with E-state index in [9.17, 15) is 5.11 Å². The summed E-state index contributed by atoms with van der Waals surface area (Å²) in [6.45, 7) is 0. The number of pyridine rings is 1. The molecule has 5 heteroatoms. The number of aromatic nitrogens is 3. The molecule has 0 aliphatic heterocycles. The highest BCUT2D eigenvalue weighted by molar-refractivity contribution is 5.28. The number of hydrogen-bond donors (Lipinski definition) is 1. The highest BCUT2D eigenvalue weighted by Crippen LogP contribution is 2.14. The van der Waals surface area contributed by atoms with Crippen LogP contribution in [0, 0.1) is 0 Å². The molecule has 0 unspecified atom stereocenters. The summed E-state index contributed by atoms with van der Waals surface area (Å²) in [6, 6.07) is 12.7. The van der Waals surface area contributed by atoms with Crippen LogP contribution in [0.2, 0.25) is 0 Å². The van der Waals surface area contributed by atoms with Crippen LogP contribution < -0.4 is 0 Å². The van der Waals surface area contributed by atoms with Gasteiger partial charge in [0.05, 0.1) is 12.8 Å². The fourth-order valence-corrected chi connectivity index (χ4v) is 1.94. The van der Waals surface area contributed by atoms with Gasteiger partial charge in [-0.1, -0.05) is 23.4 Å². The van der Waals surface area contributed by atoms with Crippen molar-refractivity contribution in [3.05, 3.63) is 71.6 Å². The van der Waals surface area contributed by atoms with Crippen molar-refractivity contribution >= 4 is 0 Å². The molecule has 2 heterocycles. The average Bonchev–Trinajstić information content (AvgIpc) is 2.87. The zero-order valence-corrected chi connectivity index (χ0v) is 10.7. The maximum atomic E-state index is 9.42. The van der Waals surface area contributed by atoms with E-state index in [2.05, 4.69) is 15.1 Å². The Balaban J connectivity index is 1.71. The van der Waals surface area contributed by atoms with Crippen molar-refractivity contribution in [1.29, 1.82) is 0 Å². The van der Waals surface area contributed by atoms with Gasteiger partial charge in [0.1, 0.15) is 5.75 Å². The molecule has 20 heavy (non-hydrogen) atoms. The summed E-state index contributed by atoms with van der Waals surface area (Å²) in [6.07, 6.45) is 2.79. The van der Waals surface area contributed by atoms with Gasteiger partial charge in [0.25, 0.3) is 0 Å². The quantitative estimate of drug-likeness (QED) is 0.785. The van der Waals surface area contributed by atoms with Gasteiger partial charge in [-0.2, -0.15) is 4.98 Å². The molecule has 0 saturated carbocycles. The molecule has 0 amide bonds. The van der Waals surface area contributed by atoms with Gasteiger partial charge in [-0.25, -0.2) is 0 Å². The van der Waals surface area contributed by atoms with Crippen LogP contribution in [0.3, 0.4) is 0 Å². The van der Waals surface area contributed by atoms with Gasteiger partial charge in [0.15, 0.2) is 5.82 Å². The zero-order valence-electron chi connectivity index (χ0n) is 10.7. The highest BCUT2D eigenvalue weighted by Gasteiger charge is 2.08. The van der Waals surface area contributed by atoms with Crippen LogP contribution in [-0.4, -0.2) is 20.2 Å². The Morgan fingerprint density at radius 3 is 2.80 bits per heavy atom. The van der Waals surface area contributed by atoms with E-state index in [1.54, 1.807) is 24.4 Å². The molecule has 3 aromatic rings. The van der Waals surface area contributed by atoms with Gasteiger partial charge < -0.3 is 9.63 Å². The molecule has 0 saturated heterocycles. The third-order valence-corrected chi connectivity index (χ3v) is 2.84. The lowest BCUT2D eigenvalue weighted by Crippen LogP contribution is -1.94. The van der Waals surface area contributed by atoms with Crippen LogP contribution in [0.25, 0.3) is 0 Å². The molecule has 0 atom stereocenters. The van der Waals surface area contributed by atoms with Gasteiger partial charge in [0.2, 0.25) is 5.89 Å². The second-order valence-electron chi connectivity index (χ2n) is 4.45. The Bertz CT molecular complexity index is 695. The minimum Gasteiger partial charge on any atom is -0.508 e. The van der Waals surface area contributed by atoms with E-state index in [0.717, 1.165) is 11.3 Å². The van der Waals surface area contributed by atoms with Crippen molar-refractivity contribution in [2.75, 3.05) is 0 Å². The molecule has 0 bridgehead atoms. The molecule has 100 valence electrons. The molecule has 5 nitrogen and oxygen atoms in total. The number of phenols is 1. The molecule has 0 fully saturated rings. The minimum absolute atomic E-state index is 0.232. The highest BCUT2D eigenvalue weighted by atomic mass is 16.5. The lowest BCUT2D eigenvalue weighted by molar-refractivity contribution is 0.380. The summed E-state index contributed by atoms with van der Waals surface area (Å²) in [7, 11) is 0. The maximum absolute atomic E-state index is 9.42. The maximum Gasteiger partial charge on any atom is 0.231 e. The van der Waals surface area contributed by atoms with Gasteiger partial charge in [-0.15, -0.1) is 0 Å². The predicted molar refractivity (Wildman–Crippen MR) is 72.3 cm³/mol. The van der Waals surface area contributed by atoms with Crippen molar-refractivity contribution in [3.8, 4) is 5.75 Å². The van der Waals surface area contributed by atoms with E-state index in [4.69, 9.17) is 4.52 Å². The van der Waals surface area contributed by atoms with E-state index in [1.807, 2.05) is 24.3 Å². The van der Waals surface area contributed by atoms with Gasteiger partial charge in [0, 0.05) is 11.9 Å². The SMILES string of the molecule is Oc1cccc(Cc2nc(Cc3ccccn3)no2)c1. The summed E-state index contributed by atoms with van der Waals surface area (Å²) in [5.74, 6) is 1.37. The van der Waals surface area contributed by atoms with Crippen molar-refractivity contribution in [2.24, 2.45) is 0 Å². The third-order valence-electron chi connectivity index (χ3n) is 2.84. The third kappa shape index (κ3) is 3.00. The summed E-state index contributed by atoms with van der Waals surface area (Å²) in [5, 5.41) is 13.4. The molecule has 1 N–H and O–H groups in total. The summed E-state index contributed by atoms with van der Waals surface area (Å²) in [4.78, 5) is 8.56. The first kappa shape index (κ1) is 12.3. The van der Waals surface area contributed by atoms with E-state index in [0.29, 0.717) is 24.6 Å². The van der Waals surface area contributed by atoms with Crippen molar-refractivity contribution in [2.45, 2.75) is 12.8 Å². The lowest BCUT2D eigenvalue weighted by atomic mass is 10.1. The van der Waals surface area contributed by atoms with Gasteiger partial charge >= 0.3 is 0 Å². The molecule has 0 aliphatic rings. The standard InChI is InChI=1S/C15H13N3O2/c19-13-6-3-4-11(8-13)9-15-17-14(18-20-15)10-12-5-1-2-7-16-12/h1-8,19H,9-10H2. The van der Waals surface area contributed by atoms with E-state index in [1.165, 1.54) is 0 Å². The van der Waals surface area contributed by atoms with Crippen molar-refractivity contribution in [3.63, 3.8) is 0 Å². The van der Waals surface area contributed by atoms with Crippen molar-refractivity contribution in [1.82, 2.24) is 15.1 Å². The van der Waals surface area contributed by atoms with Crippen LogP contribution in [0.15, 0.2) is 53.2 Å². The Labute approximate surface area is 115 Å². The van der Waals surface area contributed by atoms with Crippen LogP contribution in [0.4, 0.5) is 0 Å². The first-order chi connectivity index (χ1) is 9.79. The normalized spacial score (nSPS) is 10.6. The second-order valence-corrected chi connectivity index (χ2v) is 4.45. The molecular formula is C15H13N3O2. The zero-order chi connectivity index (χ0) is 13.8. The first-order valence-electron chi connectivity index (χ1n) is 6.29. The number of benzene rings is 1. The monoisotopic (exact) mass is 267 g/mol. The Morgan fingerprint density at radius 1 is 1.05 bits per heavy atom. The number of rotatable bonds is 4. The molecule has 0 radical (unpaired) electrons. The van der Waals surface area contributed by atoms with Crippen LogP contribution in [0.1, 0.15) is 23.0 Å². The molecular weight excluding hydrogens is 254 g/mol. The van der Waals surface area contributed by atoms with Crippen molar-refractivity contribution < 1.29 is 9.63 Å². The number of phenolic OH excluding ortho intramolecular Hbond substituents is 1. The summed E-state index contributed by atoms with van der Waals surface area (Å²) < 4.78 is 5.21. The Morgan fingerprint density at radius 2 is 2.00 bits per heavy atom. The molecule has 1 aromatic carbocycles. The Kier molecular flexibility index (Phi) is 3.41. The van der Waals surface area contributed by atoms with E-state index in [-0.39, 0.29) is 5.75 Å². The fraction of sp³-hybridized carbons (Fsp3) is 0.133. The smallest absolute Gasteiger partial charge is 0.231 e. The van der Waals surface area contributed by atoms with Crippen LogP contribution in [0.5, 0.6) is 5.75 Å². The molecule has 2 aromatic heterocycles. The fourth-order valence-electron chi connectivity index (χ4n) is 1.94. The predicted octanol–water partition coefficient (Wildman–Crippen LogP) is 2.35. The van der Waals surface area contributed by atoms with Gasteiger partial charge in [-0.3, -0.25) is 4.98 Å². The van der Waals surface area contributed by atoms with Gasteiger partial charge in [-0.05, 0) is 29.8 Å². The first-order valence-corrected chi connectivity index (χ1v) is 6.29. The minimum atomic E-state index is 0.232. The van der Waals surface area contributed by atoms with Crippen LogP contribution in [-0.2, 0) is 12.8 Å². The lowest BCUT2D eigenvalue weighted by Gasteiger charge is -1.97. The summed E-state index contributed by atoms with van der Waals surface area (Å²) >= 11 is 0. The average molecular weight is 267 g/mol. The molecule has 0 spiro atoms.